The fourth-order valence-electron chi connectivity index (χ4n) is 4.58. The molecule has 2 heterocycles. The Hall–Kier alpha value is -4.17. The summed E-state index contributed by atoms with van der Waals surface area (Å²) < 4.78 is 1.71. The number of hydrogen-bond donors (Lipinski definition) is 4. The molecule has 0 spiro atoms. The van der Waals surface area contributed by atoms with Crippen LogP contribution in [0.3, 0.4) is 0 Å². The molecule has 2 atom stereocenters. The monoisotopic (exact) mass is 481 g/mol. The van der Waals surface area contributed by atoms with E-state index in [1.807, 2.05) is 43.5 Å². The molecule has 4 N–H and O–H groups in total. The fourth-order valence-corrected chi connectivity index (χ4v) is 4.58. The average Bonchev–Trinajstić information content (AvgIpc) is 3.50. The van der Waals surface area contributed by atoms with Crippen LogP contribution in [0.25, 0.3) is 5.82 Å². The Labute approximate surface area is 211 Å². The summed E-state index contributed by atoms with van der Waals surface area (Å²) in [6.45, 7) is 8.22. The van der Waals surface area contributed by atoms with Crippen molar-refractivity contribution < 1.29 is 5.11 Å². The molecule has 4 aromatic rings. The highest BCUT2D eigenvalue weighted by molar-refractivity contribution is 5.58. The first-order valence-corrected chi connectivity index (χ1v) is 12.2. The number of rotatable bonds is 9. The first-order chi connectivity index (χ1) is 17.5. The van der Waals surface area contributed by atoms with Gasteiger partial charge in [0.1, 0.15) is 0 Å². The molecule has 0 amide bonds. The molecular weight excluding hydrogens is 450 g/mol. The predicted molar refractivity (Wildman–Crippen MR) is 143 cm³/mol. The van der Waals surface area contributed by atoms with Gasteiger partial charge in [0.25, 0.3) is 0 Å². The van der Waals surface area contributed by atoms with Gasteiger partial charge in [-0.15, -0.1) is 0 Å². The molecule has 1 unspecified atom stereocenters. The van der Waals surface area contributed by atoms with Gasteiger partial charge in [-0.25, -0.2) is 9.67 Å². The lowest BCUT2D eigenvalue weighted by atomic mass is 10.0. The summed E-state index contributed by atoms with van der Waals surface area (Å²) in [6, 6.07) is 16.0. The lowest BCUT2D eigenvalue weighted by Crippen LogP contribution is -2.26. The molecule has 2 aromatic heterocycles. The Kier molecular flexibility index (Phi) is 6.69. The van der Waals surface area contributed by atoms with E-state index in [1.165, 1.54) is 17.5 Å². The maximum absolute atomic E-state index is 9.80. The molecule has 1 aliphatic rings. The van der Waals surface area contributed by atoms with Gasteiger partial charge in [-0.3, -0.25) is 0 Å². The zero-order valence-corrected chi connectivity index (χ0v) is 20.6. The molecule has 0 radical (unpaired) electrons. The van der Waals surface area contributed by atoms with Crippen molar-refractivity contribution in [1.29, 1.82) is 0 Å². The molecule has 2 aromatic carbocycles. The van der Waals surface area contributed by atoms with E-state index in [0.29, 0.717) is 23.5 Å². The minimum Gasteiger partial charge on any atom is -0.394 e. The van der Waals surface area contributed by atoms with Gasteiger partial charge in [0, 0.05) is 17.4 Å². The van der Waals surface area contributed by atoms with E-state index in [-0.39, 0.29) is 12.6 Å². The van der Waals surface area contributed by atoms with Crippen LogP contribution in [0.2, 0.25) is 0 Å². The van der Waals surface area contributed by atoms with E-state index >= 15 is 0 Å². The van der Waals surface area contributed by atoms with E-state index in [2.05, 4.69) is 57.7 Å². The number of nitrogens with one attached hydrogen (secondary N) is 3. The van der Waals surface area contributed by atoms with Gasteiger partial charge in [-0.2, -0.15) is 10.1 Å². The molecule has 0 aliphatic heterocycles. The largest absolute Gasteiger partial charge is 0.394 e. The Morgan fingerprint density at radius 3 is 2.81 bits per heavy atom. The van der Waals surface area contributed by atoms with Crippen LogP contribution in [0.5, 0.6) is 0 Å². The average molecular weight is 482 g/mol. The highest BCUT2D eigenvalue weighted by atomic mass is 16.3. The topological polar surface area (TPSA) is 99.9 Å². The van der Waals surface area contributed by atoms with Gasteiger partial charge in [-0.05, 0) is 54.5 Å². The number of aliphatic hydroxyl groups excluding tert-OH is 1. The smallest absolute Gasteiger partial charge is 0.229 e. The summed E-state index contributed by atoms with van der Waals surface area (Å²) >= 11 is 0. The van der Waals surface area contributed by atoms with Gasteiger partial charge in [-0.1, -0.05) is 49.9 Å². The van der Waals surface area contributed by atoms with Crippen molar-refractivity contribution in [2.24, 2.45) is 0 Å². The normalized spacial score (nSPS) is 15.2. The molecule has 0 fully saturated rings. The Balaban J connectivity index is 1.28. The second-order valence-electron chi connectivity index (χ2n) is 9.25. The van der Waals surface area contributed by atoms with Crippen LogP contribution in [0.15, 0.2) is 79.5 Å². The van der Waals surface area contributed by atoms with Gasteiger partial charge >= 0.3 is 0 Å². The summed E-state index contributed by atoms with van der Waals surface area (Å²) in [5.74, 6) is 2.35. The lowest BCUT2D eigenvalue weighted by molar-refractivity contribution is 0.252. The molecule has 8 heteroatoms. The second-order valence-corrected chi connectivity index (χ2v) is 9.25. The number of nitrogens with zero attached hydrogens (tertiary/aromatic N) is 4. The number of aryl methyl sites for hydroxylation is 2. The lowest BCUT2D eigenvalue weighted by Gasteiger charge is -2.20. The number of anilines is 3. The molecule has 8 nitrogen and oxygen atoms in total. The Morgan fingerprint density at radius 1 is 1.17 bits per heavy atom. The zero-order chi connectivity index (χ0) is 25.1. The molecule has 0 saturated carbocycles. The van der Waals surface area contributed by atoms with Crippen molar-refractivity contribution in [3.8, 4) is 5.82 Å². The van der Waals surface area contributed by atoms with E-state index < -0.39 is 0 Å². The van der Waals surface area contributed by atoms with Crippen molar-refractivity contribution in [2.75, 3.05) is 17.2 Å². The summed E-state index contributed by atoms with van der Waals surface area (Å²) in [5.41, 5.74) is 6.45. The van der Waals surface area contributed by atoms with Crippen LogP contribution in [-0.2, 0) is 6.42 Å². The second kappa shape index (κ2) is 10.2. The standard InChI is InChI=1S/C28H31N7O/c1-18-9-10-21-11-12-23(13-25(18)21)33-28-29-14-19(2)27(34-28)35-16-24(15-30-35)31-20(3)32-26(17-36)22-7-5-4-6-8-22/h4-8,11-16,18,26,31-32,36H,3,9-10,17H2,1-2H3,(H,29,33,34)/t18?,26-/m1/s1. The van der Waals surface area contributed by atoms with Crippen LogP contribution in [0, 0.1) is 6.92 Å². The quantitative estimate of drug-likeness (QED) is 0.268. The third kappa shape index (κ3) is 5.08. The number of aromatic nitrogens is 4. The van der Waals surface area contributed by atoms with E-state index in [1.54, 1.807) is 17.1 Å². The molecule has 0 bridgehead atoms. The third-order valence-electron chi connectivity index (χ3n) is 6.55. The minimum atomic E-state index is -0.263. The zero-order valence-electron chi connectivity index (χ0n) is 20.6. The summed E-state index contributed by atoms with van der Waals surface area (Å²) in [6.07, 6.45) is 7.70. The maximum Gasteiger partial charge on any atom is 0.229 e. The summed E-state index contributed by atoms with van der Waals surface area (Å²) in [4.78, 5) is 9.20. The SMILES string of the molecule is C=C(Nc1cnn(-c2nc(Nc3ccc4c(c3)C(C)CC4)ncc2C)c1)N[C@H](CO)c1ccccc1. The third-order valence-corrected chi connectivity index (χ3v) is 6.55. The van der Waals surface area contributed by atoms with Gasteiger partial charge in [0.2, 0.25) is 5.95 Å². The number of benzene rings is 2. The molecule has 5 rings (SSSR count). The Bertz CT molecular complexity index is 1370. The highest BCUT2D eigenvalue weighted by Gasteiger charge is 2.19. The molecular formula is C28H31N7O. The number of fused-ring (bicyclic) bond motifs is 1. The van der Waals surface area contributed by atoms with Gasteiger partial charge < -0.3 is 21.1 Å². The fraction of sp³-hybridized carbons (Fsp3) is 0.250. The van der Waals surface area contributed by atoms with Crippen molar-refractivity contribution in [2.45, 2.75) is 38.6 Å². The van der Waals surface area contributed by atoms with Crippen molar-refractivity contribution in [3.63, 3.8) is 0 Å². The molecule has 184 valence electrons. The van der Waals surface area contributed by atoms with Crippen molar-refractivity contribution >= 4 is 17.3 Å². The molecule has 36 heavy (non-hydrogen) atoms. The molecule has 0 saturated heterocycles. The van der Waals surface area contributed by atoms with Crippen LogP contribution < -0.4 is 16.0 Å². The van der Waals surface area contributed by atoms with E-state index in [9.17, 15) is 5.11 Å². The summed E-state index contributed by atoms with van der Waals surface area (Å²) in [7, 11) is 0. The van der Waals surface area contributed by atoms with Crippen LogP contribution in [0.4, 0.5) is 17.3 Å². The predicted octanol–water partition coefficient (Wildman–Crippen LogP) is 4.97. The van der Waals surface area contributed by atoms with E-state index in [4.69, 9.17) is 4.98 Å². The minimum absolute atomic E-state index is 0.0526. The van der Waals surface area contributed by atoms with Crippen molar-refractivity contribution in [1.82, 2.24) is 25.1 Å². The van der Waals surface area contributed by atoms with E-state index in [0.717, 1.165) is 28.9 Å². The van der Waals surface area contributed by atoms with Crippen LogP contribution >= 0.6 is 0 Å². The van der Waals surface area contributed by atoms with Crippen LogP contribution in [0.1, 0.15) is 47.6 Å². The van der Waals surface area contributed by atoms with Crippen LogP contribution in [-0.4, -0.2) is 31.5 Å². The highest BCUT2D eigenvalue weighted by Crippen LogP contribution is 2.34. The Morgan fingerprint density at radius 2 is 2.00 bits per heavy atom. The number of aliphatic hydroxyl groups is 1. The first kappa shape index (κ1) is 23.6. The van der Waals surface area contributed by atoms with Crippen molar-refractivity contribution in [3.05, 3.63) is 102 Å². The first-order valence-electron chi connectivity index (χ1n) is 12.2. The van der Waals surface area contributed by atoms with Gasteiger partial charge in [0.05, 0.1) is 36.6 Å². The maximum atomic E-state index is 9.80. The van der Waals surface area contributed by atoms with Gasteiger partial charge in [0.15, 0.2) is 5.82 Å². The molecule has 1 aliphatic carbocycles. The summed E-state index contributed by atoms with van der Waals surface area (Å²) in [5, 5.41) is 24.1. The number of hydrogen-bond acceptors (Lipinski definition) is 7.